The Morgan fingerprint density at radius 2 is 2.00 bits per heavy atom. The molecule has 0 saturated carbocycles. The third-order valence-electron chi connectivity index (χ3n) is 3.32. The Hall–Kier alpha value is -1.81. The first-order valence-corrected chi connectivity index (χ1v) is 7.69. The third kappa shape index (κ3) is 2.43. The molecule has 1 N–H and O–H groups in total. The van der Waals surface area contributed by atoms with Gasteiger partial charge >= 0.3 is 5.97 Å². The average molecular weight is 335 g/mol. The Kier molecular flexibility index (Phi) is 4.14. The Morgan fingerprint density at radius 3 is 2.70 bits per heavy atom. The highest BCUT2D eigenvalue weighted by molar-refractivity contribution is 9.08. The SMILES string of the molecule is CBr.CC1(C(=O)O)C=CC2=COc3ccccc3C2=C1. The Bertz CT molecular complexity index is 628. The Morgan fingerprint density at radius 1 is 1.30 bits per heavy atom. The molecule has 0 saturated heterocycles. The van der Waals surface area contributed by atoms with E-state index in [0.717, 1.165) is 22.5 Å². The molecule has 20 heavy (non-hydrogen) atoms. The van der Waals surface area contributed by atoms with Crippen molar-refractivity contribution in [1.29, 1.82) is 0 Å². The van der Waals surface area contributed by atoms with Gasteiger partial charge in [0.25, 0.3) is 0 Å². The Labute approximate surface area is 126 Å². The largest absolute Gasteiger partial charge is 0.480 e. The molecule has 0 spiro atoms. The van der Waals surface area contributed by atoms with Crippen molar-refractivity contribution in [1.82, 2.24) is 0 Å². The van der Waals surface area contributed by atoms with E-state index in [1.54, 1.807) is 31.4 Å². The fraction of sp³-hybridized carbons (Fsp3) is 0.188. The van der Waals surface area contributed by atoms with Gasteiger partial charge in [-0.05, 0) is 24.4 Å². The maximum absolute atomic E-state index is 11.3. The lowest BCUT2D eigenvalue weighted by atomic mass is 9.79. The quantitative estimate of drug-likeness (QED) is 0.789. The normalized spacial score (nSPS) is 22.1. The first kappa shape index (κ1) is 14.6. The highest BCUT2D eigenvalue weighted by atomic mass is 79.9. The highest BCUT2D eigenvalue weighted by Crippen LogP contribution is 2.42. The van der Waals surface area contributed by atoms with E-state index in [2.05, 4.69) is 15.9 Å². The van der Waals surface area contributed by atoms with Crippen molar-refractivity contribution >= 4 is 27.5 Å². The van der Waals surface area contributed by atoms with Crippen LogP contribution in [0.25, 0.3) is 5.57 Å². The summed E-state index contributed by atoms with van der Waals surface area (Å²) in [6.45, 7) is 1.69. The molecule has 1 atom stereocenters. The molecule has 0 bridgehead atoms. The maximum atomic E-state index is 11.3. The van der Waals surface area contributed by atoms with Gasteiger partial charge < -0.3 is 9.84 Å². The first-order chi connectivity index (χ1) is 9.60. The second-order valence-electron chi connectivity index (χ2n) is 4.67. The fourth-order valence-corrected chi connectivity index (χ4v) is 2.17. The highest BCUT2D eigenvalue weighted by Gasteiger charge is 2.33. The molecular weight excluding hydrogens is 320 g/mol. The lowest BCUT2D eigenvalue weighted by Crippen LogP contribution is -2.25. The summed E-state index contributed by atoms with van der Waals surface area (Å²) < 4.78 is 5.52. The van der Waals surface area contributed by atoms with Crippen LogP contribution in [0.4, 0.5) is 0 Å². The van der Waals surface area contributed by atoms with Crippen LogP contribution in [0, 0.1) is 5.41 Å². The van der Waals surface area contributed by atoms with Crippen LogP contribution in [0.1, 0.15) is 12.5 Å². The lowest BCUT2D eigenvalue weighted by molar-refractivity contribution is -0.142. The standard InChI is InChI=1S/C15H12O3.CH3Br/c1-15(14(16)17)7-6-10-9-18-13-5-3-2-4-11(13)12(10)8-15;1-2/h2-9H,1H3,(H,16,17);1H3. The number of carboxylic acids is 1. The predicted octanol–water partition coefficient (Wildman–Crippen LogP) is 4.02. The number of rotatable bonds is 1. The molecule has 0 aromatic heterocycles. The average Bonchev–Trinajstić information content (AvgIpc) is 2.49. The molecule has 0 radical (unpaired) electrons. The van der Waals surface area contributed by atoms with E-state index < -0.39 is 11.4 Å². The first-order valence-electron chi connectivity index (χ1n) is 6.10. The maximum Gasteiger partial charge on any atom is 0.317 e. The third-order valence-corrected chi connectivity index (χ3v) is 3.32. The number of hydrogen-bond acceptors (Lipinski definition) is 2. The van der Waals surface area contributed by atoms with Crippen LogP contribution in [0.3, 0.4) is 0 Å². The minimum absolute atomic E-state index is 0.760. The molecule has 0 amide bonds. The van der Waals surface area contributed by atoms with E-state index >= 15 is 0 Å². The van der Waals surface area contributed by atoms with Crippen LogP contribution in [0.5, 0.6) is 5.75 Å². The molecule has 1 aromatic carbocycles. The number of benzene rings is 1. The van der Waals surface area contributed by atoms with Gasteiger partial charge in [-0.15, -0.1) is 0 Å². The summed E-state index contributed by atoms with van der Waals surface area (Å²) in [7, 11) is 0. The number of hydrogen-bond donors (Lipinski definition) is 1. The smallest absolute Gasteiger partial charge is 0.317 e. The molecule has 4 heteroatoms. The lowest BCUT2D eigenvalue weighted by Gasteiger charge is -2.27. The molecule has 1 aliphatic carbocycles. The Balaban J connectivity index is 0.000000704. The van der Waals surface area contributed by atoms with E-state index in [4.69, 9.17) is 4.74 Å². The topological polar surface area (TPSA) is 46.5 Å². The van der Waals surface area contributed by atoms with Crippen LogP contribution in [-0.2, 0) is 4.79 Å². The molecule has 1 aromatic rings. The van der Waals surface area contributed by atoms with Gasteiger partial charge in [-0.3, -0.25) is 4.79 Å². The van der Waals surface area contributed by atoms with Crippen molar-refractivity contribution in [3.05, 3.63) is 59.9 Å². The van der Waals surface area contributed by atoms with Gasteiger partial charge in [-0.2, -0.15) is 0 Å². The number of para-hydroxylation sites is 1. The molecule has 1 aliphatic heterocycles. The van der Waals surface area contributed by atoms with Gasteiger partial charge in [-0.1, -0.05) is 52.4 Å². The predicted molar refractivity (Wildman–Crippen MR) is 82.9 cm³/mol. The van der Waals surface area contributed by atoms with Gasteiger partial charge in [-0.25, -0.2) is 0 Å². The van der Waals surface area contributed by atoms with Crippen LogP contribution in [0.15, 0.2) is 54.3 Å². The summed E-state index contributed by atoms with van der Waals surface area (Å²) in [4.78, 5) is 11.3. The van der Waals surface area contributed by atoms with Gasteiger partial charge in [0, 0.05) is 11.1 Å². The zero-order valence-corrected chi connectivity index (χ0v) is 12.8. The van der Waals surface area contributed by atoms with Crippen LogP contribution < -0.4 is 4.74 Å². The fourth-order valence-electron chi connectivity index (χ4n) is 2.17. The van der Waals surface area contributed by atoms with E-state index in [-0.39, 0.29) is 0 Å². The molecule has 1 heterocycles. The van der Waals surface area contributed by atoms with Crippen molar-refractivity contribution in [2.45, 2.75) is 6.92 Å². The van der Waals surface area contributed by atoms with Crippen molar-refractivity contribution in [2.24, 2.45) is 5.41 Å². The molecule has 3 nitrogen and oxygen atoms in total. The van der Waals surface area contributed by atoms with E-state index in [1.165, 1.54) is 0 Å². The zero-order valence-electron chi connectivity index (χ0n) is 11.3. The van der Waals surface area contributed by atoms with Crippen LogP contribution in [0.2, 0.25) is 0 Å². The van der Waals surface area contributed by atoms with Gasteiger partial charge in [0.05, 0.1) is 6.26 Å². The summed E-state index contributed by atoms with van der Waals surface area (Å²) in [6, 6.07) is 7.63. The minimum atomic E-state index is -0.961. The molecular formula is C16H15BrO3. The van der Waals surface area contributed by atoms with Crippen LogP contribution >= 0.6 is 15.9 Å². The summed E-state index contributed by atoms with van der Waals surface area (Å²) in [5.41, 5.74) is 1.81. The number of ether oxygens (including phenoxy) is 1. The van der Waals surface area contributed by atoms with Crippen molar-refractivity contribution in [3.63, 3.8) is 0 Å². The van der Waals surface area contributed by atoms with Gasteiger partial charge in [0.2, 0.25) is 0 Å². The number of fused-ring (bicyclic) bond motifs is 3. The number of carbonyl (C=O) groups is 1. The van der Waals surface area contributed by atoms with Crippen LogP contribution in [-0.4, -0.2) is 16.9 Å². The van der Waals surface area contributed by atoms with Crippen molar-refractivity contribution in [3.8, 4) is 5.75 Å². The molecule has 3 rings (SSSR count). The van der Waals surface area contributed by atoms with E-state index in [9.17, 15) is 9.90 Å². The van der Waals surface area contributed by atoms with Gasteiger partial charge in [0.15, 0.2) is 0 Å². The zero-order chi connectivity index (χ0) is 14.8. The van der Waals surface area contributed by atoms with Crippen molar-refractivity contribution in [2.75, 3.05) is 5.83 Å². The number of allylic oxidation sites excluding steroid dienone is 3. The van der Waals surface area contributed by atoms with E-state index in [1.807, 2.05) is 30.1 Å². The molecule has 1 unspecified atom stereocenters. The number of alkyl halides is 1. The van der Waals surface area contributed by atoms with E-state index in [0.29, 0.717) is 0 Å². The number of carboxylic acid groups (broad SMARTS) is 1. The monoisotopic (exact) mass is 334 g/mol. The summed E-state index contributed by atoms with van der Waals surface area (Å²) in [5, 5.41) is 9.29. The van der Waals surface area contributed by atoms with Crippen molar-refractivity contribution < 1.29 is 14.6 Å². The molecule has 2 aliphatic rings. The minimum Gasteiger partial charge on any atom is -0.480 e. The number of aliphatic carboxylic acids is 1. The summed E-state index contributed by atoms with van der Waals surface area (Å²) in [6.07, 6.45) is 6.93. The summed E-state index contributed by atoms with van der Waals surface area (Å²) >= 11 is 2.94. The molecule has 0 fully saturated rings. The summed E-state index contributed by atoms with van der Waals surface area (Å²) in [5.74, 6) is 1.72. The second-order valence-corrected chi connectivity index (χ2v) is 4.67. The molecule has 104 valence electrons. The van der Waals surface area contributed by atoms with Gasteiger partial charge in [0.1, 0.15) is 11.2 Å². The second kappa shape index (κ2) is 5.67. The number of halogens is 1.